The predicted molar refractivity (Wildman–Crippen MR) is 243 cm³/mol. The number of aryl methyl sites for hydroxylation is 2. The van der Waals surface area contributed by atoms with Gasteiger partial charge in [-0.1, -0.05) is 58.4 Å². The summed E-state index contributed by atoms with van der Waals surface area (Å²) in [5.74, 6) is -5.37. The molecule has 0 radical (unpaired) electrons. The van der Waals surface area contributed by atoms with Gasteiger partial charge in [-0.15, -0.1) is 0 Å². The summed E-state index contributed by atoms with van der Waals surface area (Å²) < 4.78 is 0. The van der Waals surface area contributed by atoms with E-state index in [4.69, 9.17) is 11.5 Å². The van der Waals surface area contributed by atoms with Gasteiger partial charge >= 0.3 is 12.0 Å². The molecule has 7 unspecified atom stereocenters. The summed E-state index contributed by atoms with van der Waals surface area (Å²) in [6.07, 6.45) is 2.11. The fourth-order valence-corrected chi connectivity index (χ4v) is 7.28. The van der Waals surface area contributed by atoms with Gasteiger partial charge in [0.1, 0.15) is 47.8 Å². The molecular weight excluding hydrogens is 841 g/mol. The minimum Gasteiger partial charge on any atom is -0.508 e. The van der Waals surface area contributed by atoms with Crippen LogP contribution in [0, 0.1) is 11.8 Å². The number of nitrogens with zero attached hydrogens (tertiary/aromatic N) is 2. The summed E-state index contributed by atoms with van der Waals surface area (Å²) >= 11 is 0. The molecule has 1 aliphatic rings. The lowest BCUT2D eigenvalue weighted by molar-refractivity contribution is -0.143. The Morgan fingerprint density at radius 2 is 1.40 bits per heavy atom. The number of urea groups is 1. The molecule has 1 fully saturated rings. The summed E-state index contributed by atoms with van der Waals surface area (Å²) in [5.41, 5.74) is 12.2. The molecule has 0 bridgehead atoms. The van der Waals surface area contributed by atoms with Gasteiger partial charge < -0.3 is 63.6 Å². The Labute approximate surface area is 380 Å². The van der Waals surface area contributed by atoms with E-state index in [0.29, 0.717) is 19.3 Å². The first-order chi connectivity index (χ1) is 30.8. The number of likely N-dealkylation sites (N-methyl/N-ethyl adjacent to an activating group) is 1. The normalized spacial score (nSPS) is 21.5. The van der Waals surface area contributed by atoms with Crippen molar-refractivity contribution in [2.45, 2.75) is 128 Å². The van der Waals surface area contributed by atoms with E-state index >= 15 is 0 Å². The van der Waals surface area contributed by atoms with Gasteiger partial charge in [-0.3, -0.25) is 29.0 Å². The average molecular weight is 909 g/mol. The Morgan fingerprint density at radius 3 is 1.95 bits per heavy atom. The van der Waals surface area contributed by atoms with E-state index in [9.17, 15) is 48.9 Å². The highest BCUT2D eigenvalue weighted by Crippen LogP contribution is 2.19. The minimum absolute atomic E-state index is 0.0230. The highest BCUT2D eigenvalue weighted by atomic mass is 16.4. The van der Waals surface area contributed by atoms with Gasteiger partial charge in [0, 0.05) is 20.1 Å². The number of phenolic OH excluding ortho intramolecular Hbond substituents is 2. The van der Waals surface area contributed by atoms with Crippen molar-refractivity contribution in [3.63, 3.8) is 0 Å². The van der Waals surface area contributed by atoms with E-state index in [2.05, 4.69) is 36.9 Å². The van der Waals surface area contributed by atoms with E-state index in [1.807, 2.05) is 13.8 Å². The first-order valence-electron chi connectivity index (χ1n) is 22.2. The number of guanidine groups is 1. The second kappa shape index (κ2) is 26.3. The van der Waals surface area contributed by atoms with Crippen molar-refractivity contribution in [2.24, 2.45) is 28.3 Å². The molecule has 7 amide bonds. The monoisotopic (exact) mass is 909 g/mol. The maximum absolute atomic E-state index is 14.7. The number of nitrogens with two attached hydrogens (primary N) is 2. The number of aliphatic imine (C=N–C) groups is 1. The van der Waals surface area contributed by atoms with Gasteiger partial charge in [-0.25, -0.2) is 9.59 Å². The number of rotatable bonds is 16. The van der Waals surface area contributed by atoms with Gasteiger partial charge in [0.05, 0.1) is 0 Å². The van der Waals surface area contributed by atoms with E-state index in [-0.39, 0.29) is 81.4 Å². The van der Waals surface area contributed by atoms with Gasteiger partial charge in [0.25, 0.3) is 0 Å². The van der Waals surface area contributed by atoms with Gasteiger partial charge in [0.15, 0.2) is 5.96 Å². The Balaban J connectivity index is 2.03. The number of carboxylic acids is 1. The van der Waals surface area contributed by atoms with Crippen LogP contribution >= 0.6 is 0 Å². The SMILES string of the molecule is CCC(C)C1NC(=O)C(CCc2ccc(O)cc2)N(C)C(=O)C(CCc2ccc(O)cc2)NC(=O)C(C(C)C)NC(=O)C(NC(=O)NC(CCCN=C(N)N)C(=O)O)CCCCNC1=O. The van der Waals surface area contributed by atoms with E-state index in [0.717, 1.165) is 11.1 Å². The maximum Gasteiger partial charge on any atom is 0.326 e. The Hall–Kier alpha value is -6.60. The van der Waals surface area contributed by atoms with Crippen molar-refractivity contribution in [3.8, 4) is 11.5 Å². The van der Waals surface area contributed by atoms with Crippen LogP contribution in [-0.4, -0.2) is 124 Å². The fraction of sp³-hybridized carbons (Fsp3) is 0.556. The molecule has 358 valence electrons. The van der Waals surface area contributed by atoms with E-state index in [1.54, 1.807) is 38.1 Å². The van der Waals surface area contributed by atoms with Gasteiger partial charge in [-0.2, -0.15) is 0 Å². The molecule has 2 aromatic carbocycles. The Kier molecular flexibility index (Phi) is 21.3. The number of hydrogen-bond acceptors (Lipinski definition) is 10. The molecule has 1 heterocycles. The van der Waals surface area contributed by atoms with Crippen molar-refractivity contribution >= 4 is 47.5 Å². The molecule has 3 rings (SSSR count). The number of benzene rings is 2. The van der Waals surface area contributed by atoms with Crippen molar-refractivity contribution in [1.29, 1.82) is 0 Å². The zero-order chi connectivity index (χ0) is 48.2. The standard InChI is InChI=1S/C45H68N10O10/c1-6-27(4)37-40(60)48-24-8-7-10-32(51-45(65)52-34(43(63)64)11-9-25-49-44(46)47)38(58)53-36(26(2)3)41(61)50-33(22-16-28-12-18-30(56)19-13-28)42(62)55(5)35(39(59)54-37)23-17-29-14-20-31(57)21-15-29/h12-15,18-21,26-27,32-37,56-57H,6-11,16-17,22-25H2,1-5H3,(H,48,60)(H,50,61)(H,53,58)(H,54,59)(H,63,64)(H4,46,47,49)(H2,51,52,65). The molecular formula is C45H68N10O10. The van der Waals surface area contributed by atoms with Crippen molar-refractivity contribution in [1.82, 2.24) is 36.8 Å². The highest BCUT2D eigenvalue weighted by Gasteiger charge is 2.37. The topological polar surface area (TPSA) is 320 Å². The van der Waals surface area contributed by atoms with Crippen molar-refractivity contribution < 1.29 is 48.9 Å². The number of carboxylic acid groups (broad SMARTS) is 1. The van der Waals surface area contributed by atoms with Crippen LogP contribution in [-0.2, 0) is 41.6 Å². The number of carbonyl (C=O) groups excluding carboxylic acids is 6. The van der Waals surface area contributed by atoms with Gasteiger partial charge in [-0.05, 0) is 105 Å². The molecule has 7 atom stereocenters. The third kappa shape index (κ3) is 17.5. The summed E-state index contributed by atoms with van der Waals surface area (Å²) in [5, 5.41) is 45.8. The quantitative estimate of drug-likeness (QED) is 0.0642. The number of carbonyl (C=O) groups is 7. The first-order valence-corrected chi connectivity index (χ1v) is 22.2. The smallest absolute Gasteiger partial charge is 0.326 e. The number of aliphatic carboxylic acids is 1. The zero-order valence-corrected chi connectivity index (χ0v) is 38.0. The van der Waals surface area contributed by atoms with Crippen LogP contribution < -0.4 is 43.4 Å². The number of aromatic hydroxyl groups is 2. The second-order valence-electron chi connectivity index (χ2n) is 16.8. The summed E-state index contributed by atoms with van der Waals surface area (Å²) in [4.78, 5) is 102. The van der Waals surface area contributed by atoms with Crippen LogP contribution in [0.3, 0.4) is 0 Å². The summed E-state index contributed by atoms with van der Waals surface area (Å²) in [7, 11) is 1.45. The molecule has 0 spiro atoms. The van der Waals surface area contributed by atoms with E-state index in [1.165, 1.54) is 36.2 Å². The molecule has 65 heavy (non-hydrogen) atoms. The molecule has 2 aromatic rings. The van der Waals surface area contributed by atoms with Crippen LogP contribution in [0.15, 0.2) is 53.5 Å². The predicted octanol–water partition coefficient (Wildman–Crippen LogP) is 1.12. The molecule has 20 nitrogen and oxygen atoms in total. The third-order valence-corrected chi connectivity index (χ3v) is 11.5. The fourth-order valence-electron chi connectivity index (χ4n) is 7.28. The van der Waals surface area contributed by atoms with Gasteiger partial charge in [0.2, 0.25) is 29.5 Å². The average Bonchev–Trinajstić information content (AvgIpc) is 3.26. The Morgan fingerprint density at radius 1 is 0.815 bits per heavy atom. The summed E-state index contributed by atoms with van der Waals surface area (Å²) in [6.45, 7) is 7.34. The molecule has 20 heteroatoms. The lowest BCUT2D eigenvalue weighted by atomic mass is 9.96. The highest BCUT2D eigenvalue weighted by molar-refractivity contribution is 5.96. The molecule has 1 saturated heterocycles. The number of nitrogens with one attached hydrogen (secondary N) is 6. The number of hydrogen-bond donors (Lipinski definition) is 11. The number of phenols is 2. The van der Waals surface area contributed by atoms with Crippen LogP contribution in [0.4, 0.5) is 4.79 Å². The van der Waals surface area contributed by atoms with Crippen LogP contribution in [0.5, 0.6) is 11.5 Å². The second-order valence-corrected chi connectivity index (χ2v) is 16.8. The maximum atomic E-state index is 14.7. The van der Waals surface area contributed by atoms with Crippen LogP contribution in [0.25, 0.3) is 0 Å². The first kappa shape index (κ1) is 52.7. The molecule has 0 saturated carbocycles. The van der Waals surface area contributed by atoms with Crippen LogP contribution in [0.2, 0.25) is 0 Å². The van der Waals surface area contributed by atoms with E-state index < -0.39 is 83.7 Å². The Bertz CT molecular complexity index is 1940. The zero-order valence-electron chi connectivity index (χ0n) is 38.0. The third-order valence-electron chi connectivity index (χ3n) is 11.5. The summed E-state index contributed by atoms with van der Waals surface area (Å²) in [6, 6.07) is 4.63. The minimum atomic E-state index is -1.35. The molecule has 1 aliphatic heterocycles. The lowest BCUT2D eigenvalue weighted by Crippen LogP contribution is -2.61. The van der Waals surface area contributed by atoms with Crippen LogP contribution in [0.1, 0.15) is 90.2 Å². The number of amides is 7. The van der Waals surface area contributed by atoms with Crippen molar-refractivity contribution in [2.75, 3.05) is 20.1 Å². The largest absolute Gasteiger partial charge is 0.508 e. The molecule has 13 N–H and O–H groups in total. The van der Waals surface area contributed by atoms with Crippen molar-refractivity contribution in [3.05, 3.63) is 59.7 Å². The molecule has 0 aliphatic carbocycles. The molecule has 0 aromatic heterocycles. The lowest BCUT2D eigenvalue weighted by Gasteiger charge is -2.33.